The van der Waals surface area contributed by atoms with Gasteiger partial charge < -0.3 is 14.8 Å². The molecule has 1 N–H and O–H groups in total. The molecule has 0 saturated carbocycles. The number of hydrogen-bond acceptors (Lipinski definition) is 1. The summed E-state index contributed by atoms with van der Waals surface area (Å²) in [6.45, 7) is 12.7. The fourth-order valence-corrected chi connectivity index (χ4v) is 3.92. The molecule has 3 aromatic rings. The zero-order valence-corrected chi connectivity index (χ0v) is 18.4. The largest absolute Gasteiger partial charge is 0.347 e. The van der Waals surface area contributed by atoms with E-state index in [1.807, 2.05) is 0 Å². The molecule has 0 aliphatic carbocycles. The summed E-state index contributed by atoms with van der Waals surface area (Å²) < 4.78 is 2.32. The van der Waals surface area contributed by atoms with Gasteiger partial charge >= 0.3 is 0 Å². The zero-order valence-electron chi connectivity index (χ0n) is 17.6. The van der Waals surface area contributed by atoms with Gasteiger partial charge in [0.1, 0.15) is 0 Å². The summed E-state index contributed by atoms with van der Waals surface area (Å²) in [5, 5.41) is 5.56. The Morgan fingerprint density at radius 1 is 1.11 bits per heavy atom. The number of nitrogens with zero attached hydrogens (tertiary/aromatic N) is 2. The van der Waals surface area contributed by atoms with E-state index in [-0.39, 0.29) is 0 Å². The summed E-state index contributed by atoms with van der Waals surface area (Å²) in [6, 6.07) is 15.4. The monoisotopic (exact) mass is 393 g/mol. The highest BCUT2D eigenvalue weighted by Crippen LogP contribution is 2.24. The van der Waals surface area contributed by atoms with Gasteiger partial charge in [0.25, 0.3) is 0 Å². The van der Waals surface area contributed by atoms with Crippen LogP contribution in [0.25, 0.3) is 10.9 Å². The van der Waals surface area contributed by atoms with Crippen molar-refractivity contribution in [1.29, 1.82) is 0 Å². The fraction of sp³-hybridized carbons (Fsp3) is 0.375. The number of aryl methyl sites for hydroxylation is 3. The van der Waals surface area contributed by atoms with Crippen LogP contribution in [0.2, 0.25) is 0 Å². The normalized spacial score (nSPS) is 12.2. The van der Waals surface area contributed by atoms with Crippen LogP contribution in [0.15, 0.2) is 48.7 Å². The maximum Gasteiger partial charge on any atom is 0.173 e. The highest BCUT2D eigenvalue weighted by atomic mass is 32.1. The first-order valence-electron chi connectivity index (χ1n) is 10.2. The van der Waals surface area contributed by atoms with E-state index in [0.29, 0.717) is 6.04 Å². The Morgan fingerprint density at radius 2 is 1.86 bits per heavy atom. The maximum absolute atomic E-state index is 5.84. The molecule has 2 aromatic carbocycles. The molecular formula is C24H31N3S. The Kier molecular flexibility index (Phi) is 6.40. The van der Waals surface area contributed by atoms with Crippen LogP contribution in [0.3, 0.4) is 0 Å². The number of anilines is 1. The van der Waals surface area contributed by atoms with E-state index in [4.69, 9.17) is 12.2 Å². The van der Waals surface area contributed by atoms with Crippen LogP contribution in [-0.4, -0.2) is 20.6 Å². The van der Waals surface area contributed by atoms with Gasteiger partial charge in [-0.05, 0) is 81.2 Å². The molecule has 0 amide bonds. The Balaban J connectivity index is 1.88. The lowest BCUT2D eigenvalue weighted by Crippen LogP contribution is -2.40. The molecule has 4 heteroatoms. The Labute approximate surface area is 174 Å². The molecule has 148 valence electrons. The number of thiocarbonyl (C=S) groups is 1. The van der Waals surface area contributed by atoms with Crippen LogP contribution in [0.1, 0.15) is 43.9 Å². The number of para-hydroxylation sites is 1. The first-order chi connectivity index (χ1) is 13.4. The third kappa shape index (κ3) is 4.22. The fourth-order valence-electron chi connectivity index (χ4n) is 3.56. The van der Waals surface area contributed by atoms with E-state index in [1.165, 1.54) is 27.6 Å². The topological polar surface area (TPSA) is 20.2 Å². The van der Waals surface area contributed by atoms with E-state index in [9.17, 15) is 0 Å². The predicted octanol–water partition coefficient (Wildman–Crippen LogP) is 6.28. The number of hydrogen-bond donors (Lipinski definition) is 1. The maximum atomic E-state index is 5.84. The van der Waals surface area contributed by atoms with Crippen LogP contribution in [0.5, 0.6) is 0 Å². The van der Waals surface area contributed by atoms with Crippen molar-refractivity contribution in [3.63, 3.8) is 0 Å². The van der Waals surface area contributed by atoms with Crippen molar-refractivity contribution in [3.05, 3.63) is 65.4 Å². The minimum absolute atomic E-state index is 0.357. The first-order valence-corrected chi connectivity index (χ1v) is 10.6. The second kappa shape index (κ2) is 8.78. The van der Waals surface area contributed by atoms with Crippen molar-refractivity contribution >= 4 is 33.9 Å². The molecular weight excluding hydrogens is 362 g/mol. The lowest BCUT2D eigenvalue weighted by Gasteiger charge is -2.31. The summed E-state index contributed by atoms with van der Waals surface area (Å²) in [5.41, 5.74) is 6.23. The third-order valence-corrected chi connectivity index (χ3v) is 6.03. The minimum atomic E-state index is 0.357. The lowest BCUT2D eigenvalue weighted by molar-refractivity contribution is 0.320. The van der Waals surface area contributed by atoms with Crippen molar-refractivity contribution in [2.75, 3.05) is 5.32 Å². The van der Waals surface area contributed by atoms with Gasteiger partial charge in [-0.1, -0.05) is 31.2 Å². The molecule has 0 radical (unpaired) electrons. The smallest absolute Gasteiger partial charge is 0.173 e. The highest BCUT2D eigenvalue weighted by Gasteiger charge is 2.19. The number of benzene rings is 2. The van der Waals surface area contributed by atoms with Gasteiger partial charge in [-0.15, -0.1) is 0 Å². The molecule has 1 heterocycles. The van der Waals surface area contributed by atoms with Gasteiger partial charge in [0.15, 0.2) is 5.11 Å². The van der Waals surface area contributed by atoms with Crippen molar-refractivity contribution < 1.29 is 0 Å². The second-order valence-corrected chi connectivity index (χ2v) is 7.96. The molecule has 0 spiro atoms. The van der Waals surface area contributed by atoms with Crippen LogP contribution in [0, 0.1) is 13.8 Å². The van der Waals surface area contributed by atoms with Crippen molar-refractivity contribution in [1.82, 2.24) is 9.47 Å². The second-order valence-electron chi connectivity index (χ2n) is 7.57. The standard InChI is InChI=1S/C24H31N3S/c1-6-19(5)27(24(28)25-21-13-12-17(3)18(4)14-21)16-20-15-26(7-2)23-11-9-8-10-22(20)23/h8-15,19H,6-7,16H2,1-5H3,(H,25,28). The van der Waals surface area contributed by atoms with Gasteiger partial charge in [-0.25, -0.2) is 0 Å². The average Bonchev–Trinajstić information content (AvgIpc) is 3.06. The molecule has 0 bridgehead atoms. The van der Waals surface area contributed by atoms with Crippen molar-refractivity contribution in [2.45, 2.75) is 60.2 Å². The van der Waals surface area contributed by atoms with E-state index < -0.39 is 0 Å². The van der Waals surface area contributed by atoms with E-state index in [2.05, 4.69) is 98.1 Å². The Morgan fingerprint density at radius 3 is 2.54 bits per heavy atom. The predicted molar refractivity (Wildman–Crippen MR) is 125 cm³/mol. The van der Waals surface area contributed by atoms with Gasteiger partial charge in [0.05, 0.1) is 0 Å². The molecule has 1 atom stereocenters. The van der Waals surface area contributed by atoms with Gasteiger partial charge in [0.2, 0.25) is 0 Å². The summed E-state index contributed by atoms with van der Waals surface area (Å²) in [6.07, 6.45) is 3.32. The Bertz CT molecular complexity index is 973. The SMILES string of the molecule is CCC(C)N(Cc1cn(CC)c2ccccc12)C(=S)Nc1ccc(C)c(C)c1. The molecule has 0 aliphatic heterocycles. The van der Waals surface area contributed by atoms with E-state index in [1.54, 1.807) is 0 Å². The Hall–Kier alpha value is -2.33. The molecule has 28 heavy (non-hydrogen) atoms. The third-order valence-electron chi connectivity index (χ3n) is 5.69. The molecule has 3 nitrogen and oxygen atoms in total. The quantitative estimate of drug-likeness (QED) is 0.498. The van der Waals surface area contributed by atoms with Gasteiger partial charge in [0, 0.05) is 41.9 Å². The molecule has 3 rings (SSSR count). The molecule has 0 saturated heterocycles. The molecule has 1 aromatic heterocycles. The van der Waals surface area contributed by atoms with Crippen LogP contribution in [0.4, 0.5) is 5.69 Å². The molecule has 1 unspecified atom stereocenters. The molecule has 0 fully saturated rings. The highest BCUT2D eigenvalue weighted by molar-refractivity contribution is 7.80. The van der Waals surface area contributed by atoms with Crippen LogP contribution in [-0.2, 0) is 13.1 Å². The average molecular weight is 394 g/mol. The van der Waals surface area contributed by atoms with E-state index in [0.717, 1.165) is 30.3 Å². The number of aromatic nitrogens is 1. The van der Waals surface area contributed by atoms with Crippen molar-refractivity contribution in [2.24, 2.45) is 0 Å². The number of rotatable bonds is 6. The summed E-state index contributed by atoms with van der Waals surface area (Å²) in [5.74, 6) is 0. The van der Waals surface area contributed by atoms with Gasteiger partial charge in [-0.2, -0.15) is 0 Å². The molecule has 0 aliphatic rings. The van der Waals surface area contributed by atoms with E-state index >= 15 is 0 Å². The van der Waals surface area contributed by atoms with Gasteiger partial charge in [-0.3, -0.25) is 0 Å². The minimum Gasteiger partial charge on any atom is -0.347 e. The number of fused-ring (bicyclic) bond motifs is 1. The summed E-state index contributed by atoms with van der Waals surface area (Å²) >= 11 is 5.84. The lowest BCUT2D eigenvalue weighted by atomic mass is 10.1. The van der Waals surface area contributed by atoms with Crippen LogP contribution < -0.4 is 5.32 Å². The first kappa shape index (κ1) is 20.4. The number of nitrogens with one attached hydrogen (secondary N) is 1. The van der Waals surface area contributed by atoms with Crippen molar-refractivity contribution in [3.8, 4) is 0 Å². The summed E-state index contributed by atoms with van der Waals surface area (Å²) in [7, 11) is 0. The summed E-state index contributed by atoms with van der Waals surface area (Å²) in [4.78, 5) is 2.31. The zero-order chi connectivity index (χ0) is 20.3. The van der Waals surface area contributed by atoms with Crippen LogP contribution >= 0.6 is 12.2 Å².